The van der Waals surface area contributed by atoms with Gasteiger partial charge in [-0.25, -0.2) is 0 Å². The molecular formula is C21H18Cl2N4O4. The number of amides is 1. The van der Waals surface area contributed by atoms with Crippen molar-refractivity contribution in [2.24, 2.45) is 0 Å². The van der Waals surface area contributed by atoms with Gasteiger partial charge in [0.15, 0.2) is 0 Å². The van der Waals surface area contributed by atoms with Gasteiger partial charge in [-0.1, -0.05) is 34.4 Å². The predicted octanol–water partition coefficient (Wildman–Crippen LogP) is 4.83. The molecule has 1 aliphatic heterocycles. The van der Waals surface area contributed by atoms with E-state index in [1.165, 1.54) is 12.1 Å². The number of piperazine rings is 1. The van der Waals surface area contributed by atoms with Gasteiger partial charge < -0.3 is 14.3 Å². The van der Waals surface area contributed by atoms with E-state index in [0.29, 0.717) is 58.8 Å². The zero-order chi connectivity index (χ0) is 22.1. The average Bonchev–Trinajstić information content (AvgIpc) is 3.14. The molecular weight excluding hydrogens is 443 g/mol. The third-order valence-corrected chi connectivity index (χ3v) is 5.90. The van der Waals surface area contributed by atoms with Crippen molar-refractivity contribution in [3.63, 3.8) is 0 Å². The average molecular weight is 461 g/mol. The topological polar surface area (TPSA) is 92.7 Å². The molecule has 0 saturated carbocycles. The summed E-state index contributed by atoms with van der Waals surface area (Å²) in [5, 5.41) is 15.7. The highest BCUT2D eigenvalue weighted by atomic mass is 35.5. The van der Waals surface area contributed by atoms with E-state index in [2.05, 4.69) is 10.1 Å². The number of rotatable bonds is 4. The molecule has 2 heterocycles. The summed E-state index contributed by atoms with van der Waals surface area (Å²) in [7, 11) is 0. The van der Waals surface area contributed by atoms with E-state index in [1.807, 2.05) is 0 Å². The van der Waals surface area contributed by atoms with Crippen LogP contribution in [0.25, 0.3) is 11.3 Å². The Hall–Kier alpha value is -3.10. The Balaban J connectivity index is 1.52. The Morgan fingerprint density at radius 2 is 1.68 bits per heavy atom. The molecule has 10 heteroatoms. The molecule has 3 aromatic rings. The Morgan fingerprint density at radius 3 is 2.26 bits per heavy atom. The molecule has 4 rings (SSSR count). The van der Waals surface area contributed by atoms with Gasteiger partial charge in [-0.3, -0.25) is 14.9 Å². The van der Waals surface area contributed by atoms with Crippen LogP contribution in [-0.2, 0) is 0 Å². The summed E-state index contributed by atoms with van der Waals surface area (Å²) in [5.41, 5.74) is 2.07. The van der Waals surface area contributed by atoms with Crippen molar-refractivity contribution >= 4 is 40.5 Å². The van der Waals surface area contributed by atoms with E-state index in [1.54, 1.807) is 42.2 Å². The summed E-state index contributed by atoms with van der Waals surface area (Å²) in [6.07, 6.45) is 0. The van der Waals surface area contributed by atoms with Gasteiger partial charge in [0, 0.05) is 49.6 Å². The van der Waals surface area contributed by atoms with Crippen molar-refractivity contribution in [3.8, 4) is 11.3 Å². The normalized spacial score (nSPS) is 14.0. The molecule has 8 nitrogen and oxygen atoms in total. The van der Waals surface area contributed by atoms with Crippen molar-refractivity contribution in [2.75, 3.05) is 31.1 Å². The molecule has 0 unspecified atom stereocenters. The molecule has 1 fully saturated rings. The largest absolute Gasteiger partial charge is 0.368 e. The molecule has 1 saturated heterocycles. The summed E-state index contributed by atoms with van der Waals surface area (Å²) >= 11 is 12.6. The number of hydrogen-bond acceptors (Lipinski definition) is 6. The number of nitrogens with zero attached hydrogens (tertiary/aromatic N) is 4. The van der Waals surface area contributed by atoms with E-state index in [4.69, 9.17) is 27.7 Å². The molecule has 0 bridgehead atoms. The first-order chi connectivity index (χ1) is 14.9. The molecule has 31 heavy (non-hydrogen) atoms. The number of benzene rings is 2. The summed E-state index contributed by atoms with van der Waals surface area (Å²) < 4.78 is 5.31. The van der Waals surface area contributed by atoms with Gasteiger partial charge in [0.25, 0.3) is 11.6 Å². The van der Waals surface area contributed by atoms with Crippen molar-refractivity contribution in [1.29, 1.82) is 0 Å². The lowest BCUT2D eigenvalue weighted by Crippen LogP contribution is -2.49. The van der Waals surface area contributed by atoms with E-state index in [-0.39, 0.29) is 11.6 Å². The van der Waals surface area contributed by atoms with Crippen LogP contribution >= 0.6 is 23.2 Å². The van der Waals surface area contributed by atoms with E-state index < -0.39 is 4.92 Å². The molecule has 0 N–H and O–H groups in total. The summed E-state index contributed by atoms with van der Waals surface area (Å²) in [4.78, 5) is 27.5. The highest BCUT2D eigenvalue weighted by Gasteiger charge is 2.30. The second-order valence-corrected chi connectivity index (χ2v) is 7.93. The van der Waals surface area contributed by atoms with Crippen molar-refractivity contribution < 1.29 is 14.2 Å². The Bertz CT molecular complexity index is 1120. The molecule has 1 aromatic heterocycles. The Kier molecular flexibility index (Phi) is 5.84. The van der Waals surface area contributed by atoms with Gasteiger partial charge in [0.2, 0.25) is 0 Å². The van der Waals surface area contributed by atoms with E-state index in [0.717, 1.165) is 5.69 Å². The second-order valence-electron chi connectivity index (χ2n) is 7.11. The van der Waals surface area contributed by atoms with Gasteiger partial charge in [-0.2, -0.15) is 0 Å². The third-order valence-electron chi connectivity index (χ3n) is 5.27. The number of carbonyl (C=O) groups excluding carboxylic acids is 1. The maximum Gasteiger partial charge on any atom is 0.269 e. The lowest BCUT2D eigenvalue weighted by Gasteiger charge is -2.36. The maximum absolute atomic E-state index is 13.3. The Labute approximate surface area is 188 Å². The number of aromatic nitrogens is 1. The molecule has 2 aromatic carbocycles. The second kappa shape index (κ2) is 8.56. The van der Waals surface area contributed by atoms with Crippen LogP contribution in [0.1, 0.15) is 16.1 Å². The molecule has 1 aliphatic rings. The fourth-order valence-electron chi connectivity index (χ4n) is 3.63. The first kappa shape index (κ1) is 21.1. The van der Waals surface area contributed by atoms with Crippen LogP contribution in [0.15, 0.2) is 47.0 Å². The van der Waals surface area contributed by atoms with Gasteiger partial charge in [-0.05, 0) is 31.2 Å². The summed E-state index contributed by atoms with van der Waals surface area (Å²) in [5.74, 6) is 0.196. The minimum absolute atomic E-state index is 0.0475. The minimum Gasteiger partial charge on any atom is -0.368 e. The van der Waals surface area contributed by atoms with Gasteiger partial charge in [-0.15, -0.1) is 0 Å². The number of carbonyl (C=O) groups is 1. The zero-order valence-corrected chi connectivity index (χ0v) is 18.1. The number of hydrogen-bond donors (Lipinski definition) is 0. The fourth-order valence-corrected chi connectivity index (χ4v) is 4.21. The quantitative estimate of drug-likeness (QED) is 0.408. The molecule has 0 spiro atoms. The zero-order valence-electron chi connectivity index (χ0n) is 16.5. The van der Waals surface area contributed by atoms with Crippen LogP contribution in [-0.4, -0.2) is 47.1 Å². The van der Waals surface area contributed by atoms with Crippen LogP contribution in [0.3, 0.4) is 0 Å². The standard InChI is InChI=1S/C21H18Cl2N4O4/c1-13-18(20(24-31-13)19-16(22)3-2-4-17(19)23)21(28)26-11-9-25(10-12-26)14-5-7-15(8-6-14)27(29)30/h2-8H,9-12H2,1H3. The minimum atomic E-state index is -0.426. The van der Waals surface area contributed by atoms with Crippen molar-refractivity contribution in [3.05, 3.63) is 73.9 Å². The van der Waals surface area contributed by atoms with Gasteiger partial charge in [0.1, 0.15) is 17.0 Å². The van der Waals surface area contributed by atoms with Crippen LogP contribution < -0.4 is 4.90 Å². The monoisotopic (exact) mass is 460 g/mol. The summed E-state index contributed by atoms with van der Waals surface area (Å²) in [6.45, 7) is 3.83. The Morgan fingerprint density at radius 1 is 1.06 bits per heavy atom. The highest BCUT2D eigenvalue weighted by molar-refractivity contribution is 6.39. The number of halogens is 2. The van der Waals surface area contributed by atoms with Crippen LogP contribution in [0.5, 0.6) is 0 Å². The molecule has 0 aliphatic carbocycles. The van der Waals surface area contributed by atoms with E-state index in [9.17, 15) is 14.9 Å². The van der Waals surface area contributed by atoms with E-state index >= 15 is 0 Å². The number of nitro groups is 1. The van der Waals surface area contributed by atoms with Gasteiger partial charge >= 0.3 is 0 Å². The first-order valence-electron chi connectivity index (χ1n) is 9.56. The van der Waals surface area contributed by atoms with Crippen molar-refractivity contribution in [1.82, 2.24) is 10.1 Å². The molecule has 160 valence electrons. The number of nitro benzene ring substituents is 1. The maximum atomic E-state index is 13.3. The number of non-ortho nitro benzene ring substituents is 1. The van der Waals surface area contributed by atoms with Crippen LogP contribution in [0.4, 0.5) is 11.4 Å². The third kappa shape index (κ3) is 4.08. The fraction of sp³-hybridized carbons (Fsp3) is 0.238. The predicted molar refractivity (Wildman–Crippen MR) is 118 cm³/mol. The smallest absolute Gasteiger partial charge is 0.269 e. The summed E-state index contributed by atoms with van der Waals surface area (Å²) in [6, 6.07) is 11.5. The van der Waals surface area contributed by atoms with Crippen LogP contribution in [0, 0.1) is 17.0 Å². The number of anilines is 1. The molecule has 0 atom stereocenters. The lowest BCUT2D eigenvalue weighted by molar-refractivity contribution is -0.384. The lowest BCUT2D eigenvalue weighted by atomic mass is 10.0. The first-order valence-corrected chi connectivity index (χ1v) is 10.3. The number of aryl methyl sites for hydroxylation is 1. The highest BCUT2D eigenvalue weighted by Crippen LogP contribution is 2.37. The van der Waals surface area contributed by atoms with Crippen LogP contribution in [0.2, 0.25) is 10.0 Å². The molecule has 0 radical (unpaired) electrons. The van der Waals surface area contributed by atoms with Crippen molar-refractivity contribution in [2.45, 2.75) is 6.92 Å². The van der Waals surface area contributed by atoms with Gasteiger partial charge in [0.05, 0.1) is 15.0 Å². The SMILES string of the molecule is Cc1onc(-c2c(Cl)cccc2Cl)c1C(=O)N1CCN(c2ccc([N+](=O)[O-])cc2)CC1. The molecule has 1 amide bonds.